The van der Waals surface area contributed by atoms with Crippen molar-refractivity contribution < 1.29 is 9.53 Å². The van der Waals surface area contributed by atoms with Crippen molar-refractivity contribution in [2.75, 3.05) is 6.61 Å². The summed E-state index contributed by atoms with van der Waals surface area (Å²) in [6.45, 7) is 0.792. The van der Waals surface area contributed by atoms with Crippen LogP contribution in [-0.4, -0.2) is 22.2 Å². The van der Waals surface area contributed by atoms with E-state index in [1.807, 2.05) is 12.1 Å². The third-order valence-electron chi connectivity index (χ3n) is 3.67. The molecule has 3 rings (SSSR count). The summed E-state index contributed by atoms with van der Waals surface area (Å²) in [5.74, 6) is 0.742. The summed E-state index contributed by atoms with van der Waals surface area (Å²) in [7, 11) is 0.782. The molecule has 0 fully saturated rings. The lowest BCUT2D eigenvalue weighted by atomic mass is 9.94. The Morgan fingerprint density at radius 1 is 1.06 bits per heavy atom. The van der Waals surface area contributed by atoms with Gasteiger partial charge in [-0.15, -0.1) is 0 Å². The van der Waals surface area contributed by atoms with Gasteiger partial charge in [-0.3, -0.25) is 0 Å². The quantitative estimate of drug-likeness (QED) is 0.853. The van der Waals surface area contributed by atoms with Crippen LogP contribution in [0.25, 0.3) is 11.1 Å². The fraction of sp³-hybridized carbons (Fsp3) is 0.200. The van der Waals surface area contributed by atoms with Crippen molar-refractivity contribution in [3.8, 4) is 16.9 Å². The van der Waals surface area contributed by atoms with E-state index >= 15 is 0 Å². The topological polar surface area (TPSA) is 29.5 Å². The van der Waals surface area contributed by atoms with Crippen LogP contribution in [0, 0.1) is 0 Å². The van der Waals surface area contributed by atoms with Crippen molar-refractivity contribution in [2.24, 2.45) is 0 Å². The van der Waals surface area contributed by atoms with E-state index in [0.717, 1.165) is 29.1 Å². The molecular formula is C15H16O2Si. The second-order valence-electron chi connectivity index (χ2n) is 4.66. The van der Waals surface area contributed by atoms with Gasteiger partial charge in [0.1, 0.15) is 16.2 Å². The molecule has 18 heavy (non-hydrogen) atoms. The first-order chi connectivity index (χ1) is 8.83. The second-order valence-corrected chi connectivity index (χ2v) is 5.24. The summed E-state index contributed by atoms with van der Waals surface area (Å²) < 4.78 is 5.34. The maximum Gasteiger partial charge on any atom is 0.145 e. The SMILES string of the molecule is Oc1cccc2c1-c1ccccc1C2CCO[SiH3]. The largest absolute Gasteiger partial charge is 0.507 e. The van der Waals surface area contributed by atoms with Crippen LogP contribution in [0.3, 0.4) is 0 Å². The van der Waals surface area contributed by atoms with E-state index in [4.69, 9.17) is 4.43 Å². The van der Waals surface area contributed by atoms with Crippen LogP contribution in [0.1, 0.15) is 23.5 Å². The van der Waals surface area contributed by atoms with Crippen molar-refractivity contribution in [3.63, 3.8) is 0 Å². The predicted molar refractivity (Wildman–Crippen MR) is 75.9 cm³/mol. The summed E-state index contributed by atoms with van der Waals surface area (Å²) >= 11 is 0. The molecule has 0 spiro atoms. The number of hydrogen-bond donors (Lipinski definition) is 1. The van der Waals surface area contributed by atoms with Gasteiger partial charge in [0.05, 0.1) is 0 Å². The van der Waals surface area contributed by atoms with Gasteiger partial charge < -0.3 is 9.53 Å². The van der Waals surface area contributed by atoms with Crippen LogP contribution in [-0.2, 0) is 4.43 Å². The van der Waals surface area contributed by atoms with E-state index in [1.54, 1.807) is 6.07 Å². The van der Waals surface area contributed by atoms with Gasteiger partial charge in [-0.2, -0.15) is 0 Å². The van der Waals surface area contributed by atoms with E-state index in [2.05, 4.69) is 24.3 Å². The molecule has 3 heteroatoms. The minimum absolute atomic E-state index is 0.359. The van der Waals surface area contributed by atoms with Gasteiger partial charge >= 0.3 is 0 Å². The van der Waals surface area contributed by atoms with Gasteiger partial charge in [0.2, 0.25) is 0 Å². The smallest absolute Gasteiger partial charge is 0.145 e. The van der Waals surface area contributed by atoms with E-state index < -0.39 is 0 Å². The van der Waals surface area contributed by atoms with Crippen LogP contribution < -0.4 is 0 Å². The summed E-state index contributed by atoms with van der Waals surface area (Å²) in [6.07, 6.45) is 0.983. The van der Waals surface area contributed by atoms with Crippen molar-refractivity contribution >= 4 is 10.5 Å². The minimum Gasteiger partial charge on any atom is -0.507 e. The van der Waals surface area contributed by atoms with Gasteiger partial charge in [-0.25, -0.2) is 0 Å². The number of phenolic OH excluding ortho intramolecular Hbond substituents is 1. The molecule has 1 aliphatic rings. The number of aromatic hydroxyl groups is 1. The van der Waals surface area contributed by atoms with E-state index in [-0.39, 0.29) is 0 Å². The Hall–Kier alpha value is -1.58. The first-order valence-corrected chi connectivity index (χ1v) is 7.04. The highest BCUT2D eigenvalue weighted by atomic mass is 28.2. The van der Waals surface area contributed by atoms with Gasteiger partial charge in [0, 0.05) is 18.1 Å². The molecule has 1 atom stereocenters. The Morgan fingerprint density at radius 2 is 1.83 bits per heavy atom. The van der Waals surface area contributed by atoms with Gasteiger partial charge in [0.15, 0.2) is 0 Å². The lowest BCUT2D eigenvalue weighted by Gasteiger charge is -2.12. The molecule has 2 aromatic rings. The maximum atomic E-state index is 10.1. The minimum atomic E-state index is 0.359. The van der Waals surface area contributed by atoms with E-state index in [9.17, 15) is 5.11 Å². The summed E-state index contributed by atoms with van der Waals surface area (Å²) in [4.78, 5) is 0. The molecule has 1 aliphatic carbocycles. The second kappa shape index (κ2) is 4.59. The lowest BCUT2D eigenvalue weighted by Crippen LogP contribution is -2.01. The third-order valence-corrected chi connectivity index (χ3v) is 4.07. The molecule has 0 bridgehead atoms. The monoisotopic (exact) mass is 256 g/mol. The van der Waals surface area contributed by atoms with Crippen molar-refractivity contribution in [1.82, 2.24) is 0 Å². The highest BCUT2D eigenvalue weighted by Gasteiger charge is 2.29. The molecular weight excluding hydrogens is 240 g/mol. The van der Waals surface area contributed by atoms with E-state index in [1.165, 1.54) is 16.7 Å². The first-order valence-electron chi connectivity index (χ1n) is 6.23. The predicted octanol–water partition coefficient (Wildman–Crippen LogP) is 2.19. The summed E-state index contributed by atoms with van der Waals surface area (Å²) in [5, 5.41) is 10.1. The average Bonchev–Trinajstić information content (AvgIpc) is 2.72. The Kier molecular flexibility index (Phi) is 2.93. The Balaban J connectivity index is 2.16. The van der Waals surface area contributed by atoms with Crippen LogP contribution in [0.2, 0.25) is 0 Å². The molecule has 0 saturated carbocycles. The fourth-order valence-electron chi connectivity index (χ4n) is 2.88. The Labute approximate surface area is 110 Å². The van der Waals surface area contributed by atoms with Crippen molar-refractivity contribution in [1.29, 1.82) is 0 Å². The Morgan fingerprint density at radius 3 is 2.67 bits per heavy atom. The van der Waals surface area contributed by atoms with Crippen LogP contribution in [0.15, 0.2) is 42.5 Å². The van der Waals surface area contributed by atoms with Crippen LogP contribution in [0.5, 0.6) is 5.75 Å². The maximum absolute atomic E-state index is 10.1. The molecule has 2 nitrogen and oxygen atoms in total. The standard InChI is InChI=1S/C15H16O2Si/c16-14-7-3-6-13-11(8-9-17-18)10-4-1-2-5-12(10)15(13)14/h1-7,11,16H,8-9H2,18H3. The molecule has 0 amide bonds. The lowest BCUT2D eigenvalue weighted by molar-refractivity contribution is 0.333. The molecule has 0 radical (unpaired) electrons. The number of rotatable bonds is 3. The fourth-order valence-corrected chi connectivity index (χ4v) is 3.12. The molecule has 0 saturated heterocycles. The Bertz CT molecular complexity index is 580. The zero-order valence-corrected chi connectivity index (χ0v) is 12.4. The zero-order chi connectivity index (χ0) is 12.5. The highest BCUT2D eigenvalue weighted by Crippen LogP contribution is 2.49. The first kappa shape index (κ1) is 11.5. The zero-order valence-electron chi connectivity index (χ0n) is 10.4. The molecule has 1 unspecified atom stereocenters. The number of phenols is 1. The van der Waals surface area contributed by atoms with E-state index in [0.29, 0.717) is 11.7 Å². The third kappa shape index (κ3) is 1.67. The summed E-state index contributed by atoms with van der Waals surface area (Å²) in [5.41, 5.74) is 4.72. The number of benzene rings is 2. The molecule has 0 heterocycles. The van der Waals surface area contributed by atoms with Crippen molar-refractivity contribution in [2.45, 2.75) is 12.3 Å². The molecule has 0 aliphatic heterocycles. The molecule has 2 aromatic carbocycles. The molecule has 1 N–H and O–H groups in total. The number of hydrogen-bond acceptors (Lipinski definition) is 2. The van der Waals surface area contributed by atoms with Crippen molar-refractivity contribution in [3.05, 3.63) is 53.6 Å². The van der Waals surface area contributed by atoms with Gasteiger partial charge in [-0.05, 0) is 29.2 Å². The number of fused-ring (bicyclic) bond motifs is 3. The molecule has 0 aromatic heterocycles. The highest BCUT2D eigenvalue weighted by molar-refractivity contribution is 5.97. The summed E-state index contributed by atoms with van der Waals surface area (Å²) in [6, 6.07) is 14.2. The van der Waals surface area contributed by atoms with Gasteiger partial charge in [-0.1, -0.05) is 36.4 Å². The van der Waals surface area contributed by atoms with Gasteiger partial charge in [0.25, 0.3) is 0 Å². The average molecular weight is 256 g/mol. The van der Waals surface area contributed by atoms with Crippen LogP contribution in [0.4, 0.5) is 0 Å². The normalized spacial score (nSPS) is 16.6. The van der Waals surface area contributed by atoms with Crippen LogP contribution >= 0.6 is 0 Å². The molecule has 92 valence electrons.